The van der Waals surface area contributed by atoms with Crippen LogP contribution in [0.5, 0.6) is 0 Å². The third-order valence-electron chi connectivity index (χ3n) is 3.80. The normalized spacial score (nSPS) is 24.6. The third kappa shape index (κ3) is 2.14. The van der Waals surface area contributed by atoms with Crippen LogP contribution in [-0.2, 0) is 6.42 Å². The van der Waals surface area contributed by atoms with Crippen molar-refractivity contribution in [3.63, 3.8) is 0 Å². The molecule has 96 valence electrons. The molecule has 1 aromatic carbocycles. The first-order valence-corrected chi connectivity index (χ1v) is 6.77. The Hall–Kier alpha value is -1.03. The molecule has 0 amide bonds. The standard InChI is InChI=1S/C14H17ClN2O/c15-12-3-1-2-11-9(8-17-14(11)12)6-10-7-16-5-4-13(10)18/h1-3,8,10,13,16-18H,4-7H2. The maximum Gasteiger partial charge on any atom is 0.0647 e. The highest BCUT2D eigenvalue weighted by molar-refractivity contribution is 6.35. The highest BCUT2D eigenvalue weighted by atomic mass is 35.5. The van der Waals surface area contributed by atoms with E-state index in [1.807, 2.05) is 18.3 Å². The van der Waals surface area contributed by atoms with Crippen molar-refractivity contribution in [3.05, 3.63) is 35.0 Å². The number of hydrogen-bond donors (Lipinski definition) is 3. The zero-order valence-electron chi connectivity index (χ0n) is 10.1. The van der Waals surface area contributed by atoms with E-state index in [9.17, 15) is 5.11 Å². The molecule has 1 saturated heterocycles. The van der Waals surface area contributed by atoms with Gasteiger partial charge in [0, 0.05) is 24.0 Å². The number of aromatic nitrogens is 1. The molecule has 3 N–H and O–H groups in total. The average Bonchev–Trinajstić information content (AvgIpc) is 2.77. The summed E-state index contributed by atoms with van der Waals surface area (Å²) in [5.74, 6) is 0.289. The van der Waals surface area contributed by atoms with E-state index in [0.29, 0.717) is 0 Å². The smallest absolute Gasteiger partial charge is 0.0647 e. The van der Waals surface area contributed by atoms with Crippen molar-refractivity contribution in [1.29, 1.82) is 0 Å². The Morgan fingerprint density at radius 2 is 2.28 bits per heavy atom. The SMILES string of the molecule is OC1CCNCC1Cc1c[nH]c2c(Cl)cccc12. The second-order valence-corrected chi connectivity index (χ2v) is 5.41. The fourth-order valence-electron chi connectivity index (χ4n) is 2.74. The summed E-state index contributed by atoms with van der Waals surface area (Å²) in [6, 6.07) is 5.94. The summed E-state index contributed by atoms with van der Waals surface area (Å²) in [6.07, 6.45) is 3.54. The molecule has 0 spiro atoms. The fourth-order valence-corrected chi connectivity index (χ4v) is 2.97. The van der Waals surface area contributed by atoms with Gasteiger partial charge in [-0.1, -0.05) is 23.7 Å². The molecule has 1 fully saturated rings. The lowest BCUT2D eigenvalue weighted by Crippen LogP contribution is -2.40. The topological polar surface area (TPSA) is 48.0 Å². The number of aliphatic hydroxyl groups is 1. The molecule has 0 bridgehead atoms. The van der Waals surface area contributed by atoms with Crippen LogP contribution in [0.4, 0.5) is 0 Å². The second-order valence-electron chi connectivity index (χ2n) is 5.00. The molecule has 2 heterocycles. The molecule has 1 aliphatic heterocycles. The molecule has 2 unspecified atom stereocenters. The van der Waals surface area contributed by atoms with Crippen LogP contribution < -0.4 is 5.32 Å². The minimum Gasteiger partial charge on any atom is -0.393 e. The van der Waals surface area contributed by atoms with Gasteiger partial charge < -0.3 is 15.4 Å². The van der Waals surface area contributed by atoms with E-state index in [-0.39, 0.29) is 12.0 Å². The molecular weight excluding hydrogens is 248 g/mol. The van der Waals surface area contributed by atoms with Crippen molar-refractivity contribution < 1.29 is 5.11 Å². The molecule has 0 radical (unpaired) electrons. The van der Waals surface area contributed by atoms with Gasteiger partial charge >= 0.3 is 0 Å². The van der Waals surface area contributed by atoms with Crippen LogP contribution in [0.3, 0.4) is 0 Å². The molecular formula is C14H17ClN2O. The number of aromatic amines is 1. The van der Waals surface area contributed by atoms with Gasteiger partial charge in [0.15, 0.2) is 0 Å². The first-order valence-electron chi connectivity index (χ1n) is 6.39. The first-order chi connectivity index (χ1) is 8.75. The maximum absolute atomic E-state index is 10.0. The van der Waals surface area contributed by atoms with Crippen LogP contribution in [0, 0.1) is 5.92 Å². The number of rotatable bonds is 2. The number of piperidine rings is 1. The Labute approximate surface area is 111 Å². The Morgan fingerprint density at radius 3 is 3.11 bits per heavy atom. The van der Waals surface area contributed by atoms with Gasteiger partial charge in [0.25, 0.3) is 0 Å². The summed E-state index contributed by atoms with van der Waals surface area (Å²) >= 11 is 6.15. The number of hydrogen-bond acceptors (Lipinski definition) is 2. The van der Waals surface area contributed by atoms with Crippen LogP contribution in [0.1, 0.15) is 12.0 Å². The summed E-state index contributed by atoms with van der Waals surface area (Å²) in [5, 5.41) is 15.3. The minimum atomic E-state index is -0.199. The van der Waals surface area contributed by atoms with E-state index in [4.69, 9.17) is 11.6 Å². The fraction of sp³-hybridized carbons (Fsp3) is 0.429. The van der Waals surface area contributed by atoms with Gasteiger partial charge in [-0.25, -0.2) is 0 Å². The number of H-pyrrole nitrogens is 1. The second kappa shape index (κ2) is 4.92. The van der Waals surface area contributed by atoms with Crippen molar-refractivity contribution >= 4 is 22.5 Å². The van der Waals surface area contributed by atoms with Gasteiger partial charge in [-0.15, -0.1) is 0 Å². The Bertz CT molecular complexity index is 552. The Balaban J connectivity index is 1.88. The molecule has 18 heavy (non-hydrogen) atoms. The molecule has 3 rings (SSSR count). The first kappa shape index (κ1) is 12.0. The highest BCUT2D eigenvalue weighted by Crippen LogP contribution is 2.28. The lowest BCUT2D eigenvalue weighted by atomic mass is 9.89. The number of aliphatic hydroxyl groups excluding tert-OH is 1. The molecule has 2 aromatic rings. The summed E-state index contributed by atoms with van der Waals surface area (Å²) in [6.45, 7) is 1.80. The monoisotopic (exact) mass is 264 g/mol. The summed E-state index contributed by atoms with van der Waals surface area (Å²) in [7, 11) is 0. The molecule has 3 nitrogen and oxygen atoms in total. The summed E-state index contributed by atoms with van der Waals surface area (Å²) < 4.78 is 0. The van der Waals surface area contributed by atoms with Gasteiger partial charge in [0.1, 0.15) is 0 Å². The van der Waals surface area contributed by atoms with Crippen LogP contribution in [-0.4, -0.2) is 29.3 Å². The van der Waals surface area contributed by atoms with E-state index in [1.54, 1.807) is 0 Å². The maximum atomic E-state index is 10.0. The summed E-state index contributed by atoms with van der Waals surface area (Å²) in [5.41, 5.74) is 2.23. The largest absolute Gasteiger partial charge is 0.393 e. The Morgan fingerprint density at radius 1 is 1.39 bits per heavy atom. The van der Waals surface area contributed by atoms with E-state index in [1.165, 1.54) is 10.9 Å². The number of benzene rings is 1. The third-order valence-corrected chi connectivity index (χ3v) is 4.11. The lowest BCUT2D eigenvalue weighted by molar-refractivity contribution is 0.0793. The van der Waals surface area contributed by atoms with E-state index in [2.05, 4.69) is 16.4 Å². The Kier molecular flexibility index (Phi) is 3.29. The van der Waals surface area contributed by atoms with Gasteiger partial charge in [0.2, 0.25) is 0 Å². The van der Waals surface area contributed by atoms with Crippen LogP contribution in [0.15, 0.2) is 24.4 Å². The average molecular weight is 265 g/mol. The number of fused-ring (bicyclic) bond motifs is 1. The van der Waals surface area contributed by atoms with E-state index < -0.39 is 0 Å². The van der Waals surface area contributed by atoms with Crippen molar-refractivity contribution in [1.82, 2.24) is 10.3 Å². The quantitative estimate of drug-likeness (QED) is 0.780. The number of para-hydroxylation sites is 1. The molecule has 1 aromatic heterocycles. The van der Waals surface area contributed by atoms with E-state index >= 15 is 0 Å². The zero-order chi connectivity index (χ0) is 12.5. The molecule has 0 aliphatic carbocycles. The van der Waals surface area contributed by atoms with Crippen LogP contribution >= 0.6 is 11.6 Å². The van der Waals surface area contributed by atoms with Gasteiger partial charge in [0.05, 0.1) is 16.6 Å². The molecule has 4 heteroatoms. The van der Waals surface area contributed by atoms with E-state index in [0.717, 1.165) is 36.5 Å². The number of halogens is 1. The summed E-state index contributed by atoms with van der Waals surface area (Å²) in [4.78, 5) is 3.23. The van der Waals surface area contributed by atoms with Crippen molar-refractivity contribution in [3.8, 4) is 0 Å². The molecule has 0 saturated carbocycles. The van der Waals surface area contributed by atoms with Gasteiger partial charge in [-0.05, 0) is 31.0 Å². The van der Waals surface area contributed by atoms with Crippen LogP contribution in [0.25, 0.3) is 10.9 Å². The zero-order valence-corrected chi connectivity index (χ0v) is 10.9. The van der Waals surface area contributed by atoms with Gasteiger partial charge in [-0.3, -0.25) is 0 Å². The van der Waals surface area contributed by atoms with Crippen molar-refractivity contribution in [2.75, 3.05) is 13.1 Å². The number of nitrogens with one attached hydrogen (secondary N) is 2. The predicted octanol–water partition coefficient (Wildman–Crippen LogP) is 2.33. The highest BCUT2D eigenvalue weighted by Gasteiger charge is 2.23. The van der Waals surface area contributed by atoms with Gasteiger partial charge in [-0.2, -0.15) is 0 Å². The predicted molar refractivity (Wildman–Crippen MR) is 74.0 cm³/mol. The van der Waals surface area contributed by atoms with Crippen LogP contribution in [0.2, 0.25) is 5.02 Å². The van der Waals surface area contributed by atoms with Crippen molar-refractivity contribution in [2.24, 2.45) is 5.92 Å². The van der Waals surface area contributed by atoms with Crippen molar-refractivity contribution in [2.45, 2.75) is 18.9 Å². The molecule has 1 aliphatic rings. The molecule has 2 atom stereocenters. The lowest BCUT2D eigenvalue weighted by Gasteiger charge is -2.28. The minimum absolute atomic E-state index is 0.199.